The number of hydrogen-bond donors (Lipinski definition) is 0. The number of hydrogen-bond acceptors (Lipinski definition) is 8. The first kappa shape index (κ1) is 30.2. The summed E-state index contributed by atoms with van der Waals surface area (Å²) in [6.07, 6.45) is -9.43. The molecular formula is C26H4F8N8. The van der Waals surface area contributed by atoms with Crippen LogP contribution in [-0.2, 0) is 12.4 Å². The molecule has 0 N–H and O–H groups in total. The third kappa shape index (κ3) is 5.12. The van der Waals surface area contributed by atoms with Gasteiger partial charge in [-0.2, -0.15) is 57.9 Å². The van der Waals surface area contributed by atoms with E-state index in [1.165, 1.54) is 36.4 Å². The molecule has 8 nitrogen and oxygen atoms in total. The van der Waals surface area contributed by atoms with Crippen LogP contribution in [0.25, 0.3) is 11.1 Å². The predicted octanol–water partition coefficient (Wildman–Crippen LogP) is 3.72. The number of pyridine rings is 2. The molecule has 1 aromatic carbocycles. The first-order chi connectivity index (χ1) is 19.7. The molecule has 3 aromatic rings. The molecule has 0 fully saturated rings. The van der Waals surface area contributed by atoms with Gasteiger partial charge in [0.1, 0.15) is 36.4 Å². The minimum Gasteiger partial charge on any atom is -0.250 e. The van der Waals surface area contributed by atoms with Crippen LogP contribution in [-0.4, -0.2) is 9.97 Å². The zero-order chi connectivity index (χ0) is 31.6. The van der Waals surface area contributed by atoms with Crippen LogP contribution in [0.1, 0.15) is 44.8 Å². The lowest BCUT2D eigenvalue weighted by Gasteiger charge is -2.11. The Morgan fingerprint density at radius 3 is 1.14 bits per heavy atom. The van der Waals surface area contributed by atoms with Crippen molar-refractivity contribution in [1.82, 2.24) is 9.97 Å². The van der Waals surface area contributed by atoms with Gasteiger partial charge in [-0.1, -0.05) is 0 Å². The van der Waals surface area contributed by atoms with Gasteiger partial charge in [0.2, 0.25) is 0 Å². The summed E-state index contributed by atoms with van der Waals surface area (Å²) in [5.41, 5.74) is -11.6. The van der Waals surface area contributed by atoms with Crippen molar-refractivity contribution in [2.75, 3.05) is 0 Å². The first-order valence-electron chi connectivity index (χ1n) is 10.5. The van der Waals surface area contributed by atoms with Gasteiger partial charge in [-0.15, -0.1) is 0 Å². The fraction of sp³-hybridized carbons (Fsp3) is 0.0769. The second-order valence-corrected chi connectivity index (χ2v) is 7.78. The summed E-state index contributed by atoms with van der Waals surface area (Å²) in [5, 5.41) is 54.4. The number of aromatic nitrogens is 2. The molecule has 0 atom stereocenters. The zero-order valence-corrected chi connectivity index (χ0v) is 19.9. The van der Waals surface area contributed by atoms with Crippen LogP contribution in [0.2, 0.25) is 0 Å². The van der Waals surface area contributed by atoms with E-state index in [-0.39, 0.29) is 0 Å². The minimum atomic E-state index is -5.11. The van der Waals surface area contributed by atoms with Crippen molar-refractivity contribution in [1.29, 1.82) is 31.6 Å². The molecule has 0 aliphatic rings. The van der Waals surface area contributed by atoms with Crippen molar-refractivity contribution in [2.45, 2.75) is 12.4 Å². The molecule has 0 saturated carbocycles. The van der Waals surface area contributed by atoms with Gasteiger partial charge in [-0.3, -0.25) is 0 Å². The standard InChI is InChI=1S/C26H4F8N8/c27-21-18(8-40)20(16(6-38)14-2-12(4-36)24(42-10-14)26(32,33)34)22(28)17(7-39)19(21)15(5-37)13-1-11(3-35)23(41-9-13)25(29,30)31/h1-2,9-10H/b19-15+,20-16+. The quantitative estimate of drug-likeness (QED) is 0.413. The summed E-state index contributed by atoms with van der Waals surface area (Å²) in [6, 6.07) is 8.50. The van der Waals surface area contributed by atoms with Crippen molar-refractivity contribution in [3.8, 4) is 36.4 Å². The van der Waals surface area contributed by atoms with Crippen LogP contribution in [0.4, 0.5) is 35.1 Å². The summed E-state index contributed by atoms with van der Waals surface area (Å²) in [5.74, 6) is -3.62. The smallest absolute Gasteiger partial charge is 0.250 e. The topological polar surface area (TPSA) is 169 Å². The van der Waals surface area contributed by atoms with Gasteiger partial charge in [0, 0.05) is 23.5 Å². The number of nitriles is 6. The maximum absolute atomic E-state index is 15.8. The molecule has 0 spiro atoms. The summed E-state index contributed by atoms with van der Waals surface area (Å²) in [4.78, 5) is 6.12. The number of nitrogens with zero attached hydrogens (tertiary/aromatic N) is 8. The Kier molecular flexibility index (Phi) is 7.92. The molecule has 0 saturated heterocycles. The summed E-state index contributed by atoms with van der Waals surface area (Å²) in [7, 11) is 0. The highest BCUT2D eigenvalue weighted by Gasteiger charge is 2.37. The Bertz CT molecular complexity index is 1900. The van der Waals surface area contributed by atoms with Crippen LogP contribution in [0.15, 0.2) is 24.5 Å². The van der Waals surface area contributed by atoms with Crippen LogP contribution >= 0.6 is 0 Å². The molecular weight excluding hydrogens is 576 g/mol. The van der Waals surface area contributed by atoms with Crippen molar-refractivity contribution < 1.29 is 35.1 Å². The molecule has 3 rings (SSSR count). The number of benzene rings is 1. The zero-order valence-electron chi connectivity index (χ0n) is 19.9. The second kappa shape index (κ2) is 11.0. The van der Waals surface area contributed by atoms with Gasteiger partial charge < -0.3 is 0 Å². The minimum absolute atomic E-state index is 0.394. The number of halogens is 8. The normalized spacial score (nSPS) is 12.4. The van der Waals surface area contributed by atoms with E-state index in [2.05, 4.69) is 9.97 Å². The number of rotatable bonds is 2. The van der Waals surface area contributed by atoms with Gasteiger partial charge in [-0.25, -0.2) is 18.7 Å². The second-order valence-electron chi connectivity index (χ2n) is 7.78. The molecule has 16 heteroatoms. The van der Waals surface area contributed by atoms with E-state index in [0.29, 0.717) is 24.5 Å². The van der Waals surface area contributed by atoms with E-state index in [9.17, 15) is 47.4 Å². The van der Waals surface area contributed by atoms with E-state index >= 15 is 8.78 Å². The van der Waals surface area contributed by atoms with Crippen molar-refractivity contribution in [2.24, 2.45) is 0 Å². The largest absolute Gasteiger partial charge is 0.434 e. The van der Waals surface area contributed by atoms with Gasteiger partial charge >= 0.3 is 12.4 Å². The maximum atomic E-state index is 15.8. The van der Waals surface area contributed by atoms with Gasteiger partial charge in [0.05, 0.1) is 43.8 Å². The van der Waals surface area contributed by atoms with Crippen LogP contribution in [0, 0.1) is 79.6 Å². The van der Waals surface area contributed by atoms with Crippen LogP contribution in [0.5, 0.6) is 0 Å². The fourth-order valence-electron chi connectivity index (χ4n) is 3.72. The molecule has 0 bridgehead atoms. The maximum Gasteiger partial charge on any atom is 0.434 e. The van der Waals surface area contributed by atoms with Crippen molar-refractivity contribution >= 4 is 11.1 Å². The molecule has 0 unspecified atom stereocenters. The Labute approximate surface area is 228 Å². The van der Waals surface area contributed by atoms with E-state index in [4.69, 9.17) is 10.5 Å². The van der Waals surface area contributed by atoms with Gasteiger partial charge in [0.15, 0.2) is 23.0 Å². The Balaban J connectivity index is 2.59. The highest BCUT2D eigenvalue weighted by atomic mass is 19.4. The Hall–Kier alpha value is -6.36. The molecule has 204 valence electrons. The third-order valence-electron chi connectivity index (χ3n) is 5.46. The highest BCUT2D eigenvalue weighted by molar-refractivity contribution is 5.81. The molecule has 0 amide bonds. The Morgan fingerprint density at radius 1 is 0.571 bits per heavy atom. The average molecular weight is 580 g/mol. The van der Waals surface area contributed by atoms with Crippen LogP contribution in [0.3, 0.4) is 0 Å². The molecule has 2 aromatic heterocycles. The average Bonchev–Trinajstić information content (AvgIpc) is 2.94. The predicted molar refractivity (Wildman–Crippen MR) is 119 cm³/mol. The molecule has 0 radical (unpaired) electrons. The fourth-order valence-corrected chi connectivity index (χ4v) is 3.72. The molecule has 0 aliphatic carbocycles. The van der Waals surface area contributed by atoms with E-state index in [1.54, 1.807) is 0 Å². The van der Waals surface area contributed by atoms with E-state index < -0.39 is 90.3 Å². The first-order valence-corrected chi connectivity index (χ1v) is 10.5. The van der Waals surface area contributed by atoms with E-state index in [1.807, 2.05) is 0 Å². The number of alkyl halides is 6. The highest BCUT2D eigenvalue weighted by Crippen LogP contribution is 2.32. The lowest BCUT2D eigenvalue weighted by Crippen LogP contribution is -2.31. The molecule has 42 heavy (non-hydrogen) atoms. The summed E-state index contributed by atoms with van der Waals surface area (Å²) < 4.78 is 110. The molecule has 2 heterocycles. The van der Waals surface area contributed by atoms with Crippen LogP contribution < -0.4 is 10.4 Å². The third-order valence-corrected chi connectivity index (χ3v) is 5.46. The van der Waals surface area contributed by atoms with E-state index in [0.717, 1.165) is 0 Å². The SMILES string of the molecule is N#C/C(c1cnc(C(F)(F)F)c(C#N)c1)=c1\c(F)c(C#N)/c(=C(/C#N)c2cnc(C(F)(F)F)c(C#N)c2)c(F)c1C#N. The summed E-state index contributed by atoms with van der Waals surface area (Å²) >= 11 is 0. The molecule has 0 aliphatic heterocycles. The van der Waals surface area contributed by atoms with Crippen molar-refractivity contribution in [3.05, 3.63) is 91.4 Å². The Morgan fingerprint density at radius 2 is 0.905 bits per heavy atom. The van der Waals surface area contributed by atoms with Gasteiger partial charge in [0.25, 0.3) is 0 Å². The lowest BCUT2D eigenvalue weighted by atomic mass is 9.94. The monoisotopic (exact) mass is 580 g/mol. The van der Waals surface area contributed by atoms with Gasteiger partial charge in [-0.05, 0) is 12.1 Å². The lowest BCUT2D eigenvalue weighted by molar-refractivity contribution is -0.142. The van der Waals surface area contributed by atoms with Crippen molar-refractivity contribution in [3.63, 3.8) is 0 Å². The summed E-state index contributed by atoms with van der Waals surface area (Å²) in [6.45, 7) is 0.